The van der Waals surface area contributed by atoms with Gasteiger partial charge in [0.05, 0.1) is 6.20 Å². The van der Waals surface area contributed by atoms with Crippen LogP contribution in [0.5, 0.6) is 0 Å². The molecule has 98 valence electrons. The fourth-order valence-electron chi connectivity index (χ4n) is 1.94. The van der Waals surface area contributed by atoms with Crippen LogP contribution in [0.1, 0.15) is 12.5 Å². The van der Waals surface area contributed by atoms with Gasteiger partial charge in [0.2, 0.25) is 0 Å². The molecule has 0 amide bonds. The average Bonchev–Trinajstić information content (AvgIpc) is 3.03. The molecule has 0 unspecified atom stereocenters. The maximum atomic E-state index is 4.39. The first-order valence-electron chi connectivity index (χ1n) is 6.04. The Bertz CT molecular complexity index is 685. The monoisotopic (exact) mass is 258 g/mol. The number of aryl methyl sites for hydroxylation is 1. The molecule has 3 aromatic heterocycles. The molecule has 19 heavy (non-hydrogen) atoms. The van der Waals surface area contributed by atoms with E-state index in [1.165, 1.54) is 4.63 Å². The van der Waals surface area contributed by atoms with Crippen LogP contribution < -0.4 is 4.90 Å². The first kappa shape index (κ1) is 11.6. The molecule has 3 rings (SSSR count). The van der Waals surface area contributed by atoms with Crippen molar-refractivity contribution in [3.8, 4) is 0 Å². The van der Waals surface area contributed by atoms with Gasteiger partial charge in [-0.15, -0.1) is 14.8 Å². The molecule has 0 aliphatic rings. The molecule has 3 heterocycles. The van der Waals surface area contributed by atoms with Gasteiger partial charge in [-0.25, -0.2) is 0 Å². The van der Waals surface area contributed by atoms with Crippen molar-refractivity contribution < 1.29 is 0 Å². The standard InChI is InChI=1S/C11H14N8/c1-3-18(8-9-6-12-17(2)7-9)11-5-4-10-13-15-16-19(10)14-11/h4-7H,3,8H2,1-2H3. The van der Waals surface area contributed by atoms with Gasteiger partial charge >= 0.3 is 0 Å². The molecule has 0 N–H and O–H groups in total. The number of hydrogen-bond acceptors (Lipinski definition) is 6. The fourth-order valence-corrected chi connectivity index (χ4v) is 1.94. The number of rotatable bonds is 4. The highest BCUT2D eigenvalue weighted by atomic mass is 15.6. The molecule has 8 nitrogen and oxygen atoms in total. The van der Waals surface area contributed by atoms with Crippen molar-refractivity contribution in [1.82, 2.24) is 35.0 Å². The van der Waals surface area contributed by atoms with E-state index < -0.39 is 0 Å². The Kier molecular flexibility index (Phi) is 2.82. The van der Waals surface area contributed by atoms with Gasteiger partial charge in [0.25, 0.3) is 0 Å². The van der Waals surface area contributed by atoms with Crippen LogP contribution in [0, 0.1) is 0 Å². The minimum atomic E-state index is 0.640. The van der Waals surface area contributed by atoms with Crippen molar-refractivity contribution >= 4 is 11.5 Å². The first-order chi connectivity index (χ1) is 9.26. The van der Waals surface area contributed by atoms with Crippen molar-refractivity contribution in [2.45, 2.75) is 13.5 Å². The van der Waals surface area contributed by atoms with Gasteiger partial charge in [-0.05, 0) is 29.5 Å². The molecule has 0 saturated carbocycles. The smallest absolute Gasteiger partial charge is 0.200 e. The summed E-state index contributed by atoms with van der Waals surface area (Å²) in [4.78, 5) is 2.14. The van der Waals surface area contributed by atoms with E-state index in [2.05, 4.69) is 37.5 Å². The minimum Gasteiger partial charge on any atom is -0.351 e. The van der Waals surface area contributed by atoms with E-state index in [0.717, 1.165) is 24.5 Å². The summed E-state index contributed by atoms with van der Waals surface area (Å²) in [6.45, 7) is 3.68. The molecular formula is C11H14N8. The predicted octanol–water partition coefficient (Wildman–Crippen LogP) is 0.279. The summed E-state index contributed by atoms with van der Waals surface area (Å²) in [5, 5.41) is 19.8. The highest BCUT2D eigenvalue weighted by molar-refractivity contribution is 5.44. The van der Waals surface area contributed by atoms with E-state index in [1.807, 2.05) is 31.6 Å². The number of nitrogens with zero attached hydrogens (tertiary/aromatic N) is 8. The lowest BCUT2D eigenvalue weighted by Gasteiger charge is -2.20. The van der Waals surface area contributed by atoms with Gasteiger partial charge in [-0.2, -0.15) is 5.10 Å². The summed E-state index contributed by atoms with van der Waals surface area (Å²) in [5.74, 6) is 0.839. The summed E-state index contributed by atoms with van der Waals surface area (Å²) >= 11 is 0. The summed E-state index contributed by atoms with van der Waals surface area (Å²) in [6.07, 6.45) is 3.86. The topological polar surface area (TPSA) is 77.0 Å². The van der Waals surface area contributed by atoms with Crippen LogP contribution in [0.25, 0.3) is 5.65 Å². The maximum Gasteiger partial charge on any atom is 0.200 e. The molecule has 0 aromatic carbocycles. The second kappa shape index (κ2) is 4.63. The molecule has 8 heteroatoms. The Morgan fingerprint density at radius 3 is 2.95 bits per heavy atom. The van der Waals surface area contributed by atoms with Gasteiger partial charge in [0, 0.05) is 31.9 Å². The lowest BCUT2D eigenvalue weighted by atomic mass is 10.3. The first-order valence-corrected chi connectivity index (χ1v) is 6.04. The molecule has 0 aliphatic heterocycles. The van der Waals surface area contributed by atoms with Gasteiger partial charge in [-0.1, -0.05) is 0 Å². The fraction of sp³-hybridized carbons (Fsp3) is 0.364. The van der Waals surface area contributed by atoms with Crippen molar-refractivity contribution in [3.05, 3.63) is 30.1 Å². The van der Waals surface area contributed by atoms with Crippen molar-refractivity contribution in [2.75, 3.05) is 11.4 Å². The third-order valence-corrected chi connectivity index (χ3v) is 2.89. The zero-order chi connectivity index (χ0) is 13.2. The molecule has 0 radical (unpaired) electrons. The molecule has 0 fully saturated rings. The van der Waals surface area contributed by atoms with Gasteiger partial charge < -0.3 is 4.90 Å². The summed E-state index contributed by atoms with van der Waals surface area (Å²) in [5.41, 5.74) is 1.78. The minimum absolute atomic E-state index is 0.640. The largest absolute Gasteiger partial charge is 0.351 e. The highest BCUT2D eigenvalue weighted by Crippen LogP contribution is 2.13. The number of fused-ring (bicyclic) bond motifs is 1. The zero-order valence-corrected chi connectivity index (χ0v) is 10.8. The van der Waals surface area contributed by atoms with Crippen LogP contribution in [0.3, 0.4) is 0 Å². The van der Waals surface area contributed by atoms with E-state index in [-0.39, 0.29) is 0 Å². The van der Waals surface area contributed by atoms with Gasteiger partial charge in [-0.3, -0.25) is 4.68 Å². The summed E-state index contributed by atoms with van der Waals surface area (Å²) in [7, 11) is 1.91. The predicted molar refractivity (Wildman–Crippen MR) is 68.5 cm³/mol. The Morgan fingerprint density at radius 2 is 2.21 bits per heavy atom. The summed E-state index contributed by atoms with van der Waals surface area (Å²) in [6, 6.07) is 3.78. The van der Waals surface area contributed by atoms with Crippen LogP contribution in [0.15, 0.2) is 24.5 Å². The van der Waals surface area contributed by atoms with Crippen LogP contribution in [-0.4, -0.2) is 41.6 Å². The number of hydrogen-bond donors (Lipinski definition) is 0. The molecule has 0 bridgehead atoms. The average molecular weight is 258 g/mol. The number of tetrazole rings is 1. The Morgan fingerprint density at radius 1 is 1.32 bits per heavy atom. The van der Waals surface area contributed by atoms with Gasteiger partial charge in [0.1, 0.15) is 0 Å². The number of anilines is 1. The Balaban J connectivity index is 1.88. The molecule has 0 aliphatic carbocycles. The molecule has 0 saturated heterocycles. The van der Waals surface area contributed by atoms with Crippen molar-refractivity contribution in [3.63, 3.8) is 0 Å². The molecular weight excluding hydrogens is 244 g/mol. The van der Waals surface area contributed by atoms with E-state index in [4.69, 9.17) is 0 Å². The molecule has 3 aromatic rings. The maximum absolute atomic E-state index is 4.39. The Hall–Kier alpha value is -2.51. The third kappa shape index (κ3) is 2.24. The van der Waals surface area contributed by atoms with E-state index in [0.29, 0.717) is 5.65 Å². The lowest BCUT2D eigenvalue weighted by molar-refractivity contribution is 0.708. The van der Waals surface area contributed by atoms with E-state index >= 15 is 0 Å². The molecule has 0 atom stereocenters. The lowest BCUT2D eigenvalue weighted by Crippen LogP contribution is -2.23. The summed E-state index contributed by atoms with van der Waals surface area (Å²) < 4.78 is 3.22. The SMILES string of the molecule is CCN(Cc1cnn(C)c1)c1ccc2nnnn2n1. The van der Waals surface area contributed by atoms with E-state index in [1.54, 1.807) is 4.68 Å². The van der Waals surface area contributed by atoms with Crippen LogP contribution in [0.4, 0.5) is 5.82 Å². The van der Waals surface area contributed by atoms with Crippen LogP contribution >= 0.6 is 0 Å². The quantitative estimate of drug-likeness (QED) is 0.669. The van der Waals surface area contributed by atoms with Crippen LogP contribution in [-0.2, 0) is 13.6 Å². The Labute approximate surface area is 109 Å². The third-order valence-electron chi connectivity index (χ3n) is 2.89. The molecule has 0 spiro atoms. The highest BCUT2D eigenvalue weighted by Gasteiger charge is 2.10. The van der Waals surface area contributed by atoms with Gasteiger partial charge in [0.15, 0.2) is 11.5 Å². The normalized spacial score (nSPS) is 11.1. The van der Waals surface area contributed by atoms with E-state index in [9.17, 15) is 0 Å². The zero-order valence-electron chi connectivity index (χ0n) is 10.8. The van der Waals surface area contributed by atoms with Crippen molar-refractivity contribution in [1.29, 1.82) is 0 Å². The second-order valence-corrected chi connectivity index (χ2v) is 4.25. The second-order valence-electron chi connectivity index (χ2n) is 4.25. The van der Waals surface area contributed by atoms with Crippen LogP contribution in [0.2, 0.25) is 0 Å². The van der Waals surface area contributed by atoms with Crippen molar-refractivity contribution in [2.24, 2.45) is 7.05 Å². The number of aromatic nitrogens is 7.